The molecule has 3 rings (SSSR count). The molecule has 0 unspecified atom stereocenters. The number of carbonyl (C=O) groups is 1. The zero-order chi connectivity index (χ0) is 17.8. The third-order valence-electron chi connectivity index (χ3n) is 3.79. The van der Waals surface area contributed by atoms with Gasteiger partial charge in [0.25, 0.3) is 0 Å². The first-order valence-corrected chi connectivity index (χ1v) is 8.87. The minimum atomic E-state index is -0.139. The van der Waals surface area contributed by atoms with Crippen molar-refractivity contribution < 1.29 is 4.79 Å². The summed E-state index contributed by atoms with van der Waals surface area (Å²) in [6.45, 7) is 0.887. The molecule has 0 aliphatic heterocycles. The average Bonchev–Trinajstić information content (AvgIpc) is 2.97. The van der Waals surface area contributed by atoms with Gasteiger partial charge in [-0.05, 0) is 54.9 Å². The van der Waals surface area contributed by atoms with Crippen LogP contribution >= 0.6 is 34.8 Å². The molecule has 0 aliphatic rings. The first kappa shape index (κ1) is 18.1. The molecule has 3 N–H and O–H groups in total. The predicted molar refractivity (Wildman–Crippen MR) is 105 cm³/mol. The van der Waals surface area contributed by atoms with Gasteiger partial charge < -0.3 is 15.6 Å². The van der Waals surface area contributed by atoms with Gasteiger partial charge in [-0.1, -0.05) is 34.8 Å². The van der Waals surface area contributed by atoms with Crippen LogP contribution in [-0.2, 0) is 11.2 Å². The molecule has 0 saturated carbocycles. The van der Waals surface area contributed by atoms with E-state index in [1.807, 2.05) is 24.4 Å². The number of hydrogen-bond acceptors (Lipinski definition) is 2. The molecule has 0 aliphatic carbocycles. The number of aromatic amines is 1. The van der Waals surface area contributed by atoms with Crippen molar-refractivity contribution in [3.05, 3.63) is 63.2 Å². The Labute approximate surface area is 160 Å². The van der Waals surface area contributed by atoms with Crippen molar-refractivity contribution in [3.8, 4) is 0 Å². The Balaban J connectivity index is 1.48. The van der Waals surface area contributed by atoms with Crippen LogP contribution in [0.3, 0.4) is 0 Å². The van der Waals surface area contributed by atoms with Crippen LogP contribution < -0.4 is 10.6 Å². The fourth-order valence-electron chi connectivity index (χ4n) is 2.56. The minimum Gasteiger partial charge on any atom is -0.361 e. The molecular formula is C18H16Cl3N3O. The van der Waals surface area contributed by atoms with Gasteiger partial charge in [0.2, 0.25) is 5.91 Å². The van der Waals surface area contributed by atoms with E-state index in [0.29, 0.717) is 27.3 Å². The summed E-state index contributed by atoms with van der Waals surface area (Å²) in [7, 11) is 0. The molecule has 1 amide bonds. The van der Waals surface area contributed by atoms with Crippen LogP contribution in [0, 0.1) is 0 Å². The summed E-state index contributed by atoms with van der Waals surface area (Å²) in [5.41, 5.74) is 2.83. The van der Waals surface area contributed by atoms with E-state index in [9.17, 15) is 4.79 Å². The number of hydrogen-bond donors (Lipinski definition) is 3. The van der Waals surface area contributed by atoms with Gasteiger partial charge in [-0.15, -0.1) is 0 Å². The largest absolute Gasteiger partial charge is 0.361 e. The van der Waals surface area contributed by atoms with Crippen LogP contribution in [0.5, 0.6) is 0 Å². The number of aromatic nitrogens is 1. The second-order valence-electron chi connectivity index (χ2n) is 5.61. The van der Waals surface area contributed by atoms with Gasteiger partial charge in [-0.2, -0.15) is 0 Å². The van der Waals surface area contributed by atoms with Gasteiger partial charge >= 0.3 is 0 Å². The Morgan fingerprint density at radius 1 is 1.04 bits per heavy atom. The number of amides is 1. The van der Waals surface area contributed by atoms with E-state index in [1.54, 1.807) is 18.2 Å². The second kappa shape index (κ2) is 8.11. The standard InChI is InChI=1S/C18H16Cl3N3O/c19-12-1-4-17-14(7-12)11(9-23-17)5-6-22-10-18(25)24-13-2-3-15(20)16(21)8-13/h1-4,7-9,22-23H,5-6,10H2,(H,24,25). The molecule has 0 atom stereocenters. The summed E-state index contributed by atoms with van der Waals surface area (Å²) in [5, 5.41) is 8.58. The van der Waals surface area contributed by atoms with Crippen molar-refractivity contribution in [1.82, 2.24) is 10.3 Å². The molecule has 3 aromatic rings. The number of anilines is 1. The van der Waals surface area contributed by atoms with Crippen LogP contribution in [0.15, 0.2) is 42.6 Å². The number of benzene rings is 2. The van der Waals surface area contributed by atoms with Gasteiger partial charge in [0, 0.05) is 27.8 Å². The molecule has 0 saturated heterocycles. The summed E-state index contributed by atoms with van der Waals surface area (Å²) in [6.07, 6.45) is 2.76. The fraction of sp³-hybridized carbons (Fsp3) is 0.167. The van der Waals surface area contributed by atoms with E-state index >= 15 is 0 Å². The van der Waals surface area contributed by atoms with Gasteiger partial charge in [0.15, 0.2) is 0 Å². The van der Waals surface area contributed by atoms with Crippen molar-refractivity contribution in [2.45, 2.75) is 6.42 Å². The lowest BCUT2D eigenvalue weighted by atomic mass is 10.1. The maximum Gasteiger partial charge on any atom is 0.238 e. The van der Waals surface area contributed by atoms with Crippen LogP contribution in [0.25, 0.3) is 10.9 Å². The monoisotopic (exact) mass is 395 g/mol. The first-order valence-electron chi connectivity index (χ1n) is 7.74. The van der Waals surface area contributed by atoms with Gasteiger partial charge in [-0.25, -0.2) is 0 Å². The molecule has 25 heavy (non-hydrogen) atoms. The highest BCUT2D eigenvalue weighted by Gasteiger charge is 2.06. The van der Waals surface area contributed by atoms with Crippen LogP contribution in [0.2, 0.25) is 15.1 Å². The van der Waals surface area contributed by atoms with E-state index < -0.39 is 0 Å². The van der Waals surface area contributed by atoms with Crippen LogP contribution in [-0.4, -0.2) is 24.0 Å². The minimum absolute atomic E-state index is 0.139. The zero-order valence-electron chi connectivity index (χ0n) is 13.2. The molecule has 0 bridgehead atoms. The highest BCUT2D eigenvalue weighted by molar-refractivity contribution is 6.42. The maximum absolute atomic E-state index is 12.0. The Kier molecular flexibility index (Phi) is 5.86. The lowest BCUT2D eigenvalue weighted by molar-refractivity contribution is -0.115. The predicted octanol–water partition coefficient (Wildman–Crippen LogP) is 4.90. The van der Waals surface area contributed by atoms with Gasteiger partial charge in [0.1, 0.15) is 0 Å². The zero-order valence-corrected chi connectivity index (χ0v) is 15.5. The normalized spacial score (nSPS) is 11.0. The number of nitrogens with one attached hydrogen (secondary N) is 3. The number of rotatable bonds is 6. The van der Waals surface area contributed by atoms with Crippen molar-refractivity contribution in [3.63, 3.8) is 0 Å². The Bertz CT molecular complexity index is 908. The van der Waals surface area contributed by atoms with Crippen molar-refractivity contribution in [2.24, 2.45) is 0 Å². The molecule has 130 valence electrons. The highest BCUT2D eigenvalue weighted by Crippen LogP contribution is 2.25. The summed E-state index contributed by atoms with van der Waals surface area (Å²) >= 11 is 17.8. The lowest BCUT2D eigenvalue weighted by Gasteiger charge is -2.07. The molecule has 1 aromatic heterocycles. The first-order chi connectivity index (χ1) is 12.0. The third kappa shape index (κ3) is 4.67. The molecule has 1 heterocycles. The van der Waals surface area contributed by atoms with E-state index in [0.717, 1.165) is 22.9 Å². The summed E-state index contributed by atoms with van der Waals surface area (Å²) in [6, 6.07) is 10.7. The van der Waals surface area contributed by atoms with E-state index in [4.69, 9.17) is 34.8 Å². The quantitative estimate of drug-likeness (QED) is 0.519. The summed E-state index contributed by atoms with van der Waals surface area (Å²) < 4.78 is 0. The van der Waals surface area contributed by atoms with Crippen molar-refractivity contribution >= 4 is 57.3 Å². The Hall–Kier alpha value is -1.72. The topological polar surface area (TPSA) is 56.9 Å². The van der Waals surface area contributed by atoms with Crippen LogP contribution in [0.1, 0.15) is 5.56 Å². The van der Waals surface area contributed by atoms with E-state index in [-0.39, 0.29) is 12.5 Å². The summed E-state index contributed by atoms with van der Waals surface area (Å²) in [5.74, 6) is -0.139. The lowest BCUT2D eigenvalue weighted by Crippen LogP contribution is -2.29. The van der Waals surface area contributed by atoms with Crippen LogP contribution in [0.4, 0.5) is 5.69 Å². The SMILES string of the molecule is O=C(CNCCc1c[nH]c2ccc(Cl)cc12)Nc1ccc(Cl)c(Cl)c1. The molecule has 7 heteroatoms. The molecule has 0 radical (unpaired) electrons. The molecule has 4 nitrogen and oxygen atoms in total. The molecule has 0 spiro atoms. The maximum atomic E-state index is 12.0. The Morgan fingerprint density at radius 3 is 2.68 bits per heavy atom. The number of fused-ring (bicyclic) bond motifs is 1. The number of carbonyl (C=O) groups excluding carboxylic acids is 1. The number of halogens is 3. The van der Waals surface area contributed by atoms with E-state index in [1.165, 1.54) is 0 Å². The number of H-pyrrole nitrogens is 1. The highest BCUT2D eigenvalue weighted by atomic mass is 35.5. The summed E-state index contributed by atoms with van der Waals surface area (Å²) in [4.78, 5) is 15.2. The smallest absolute Gasteiger partial charge is 0.238 e. The third-order valence-corrected chi connectivity index (χ3v) is 4.76. The van der Waals surface area contributed by atoms with Gasteiger partial charge in [0.05, 0.1) is 16.6 Å². The molecular weight excluding hydrogens is 381 g/mol. The van der Waals surface area contributed by atoms with E-state index in [2.05, 4.69) is 15.6 Å². The fourth-order valence-corrected chi connectivity index (χ4v) is 3.03. The average molecular weight is 397 g/mol. The van der Waals surface area contributed by atoms with Gasteiger partial charge in [-0.3, -0.25) is 4.79 Å². The molecule has 0 fully saturated rings. The molecule has 2 aromatic carbocycles. The van der Waals surface area contributed by atoms with Crippen molar-refractivity contribution in [2.75, 3.05) is 18.4 Å². The second-order valence-corrected chi connectivity index (χ2v) is 6.86. The Morgan fingerprint density at radius 2 is 1.88 bits per heavy atom. The van der Waals surface area contributed by atoms with Crippen molar-refractivity contribution in [1.29, 1.82) is 0 Å².